The number of rotatable bonds is 8. The number of benzene rings is 2. The summed E-state index contributed by atoms with van der Waals surface area (Å²) in [5, 5.41) is 0. The van der Waals surface area contributed by atoms with Crippen LogP contribution in [0.5, 0.6) is 5.75 Å². The van der Waals surface area contributed by atoms with E-state index in [0.717, 1.165) is 17.7 Å². The molecule has 1 heterocycles. The summed E-state index contributed by atoms with van der Waals surface area (Å²) < 4.78 is 11.0. The van der Waals surface area contributed by atoms with E-state index in [1.165, 1.54) is 5.56 Å². The molecule has 1 amide bonds. The largest absolute Gasteiger partial charge is 0.484 e. The van der Waals surface area contributed by atoms with E-state index in [1.54, 1.807) is 11.2 Å². The SMILES string of the molecule is CCc1ccc(CN(Cc2ccco2)C(=O)COc2ccccc2)cc1. The molecule has 0 aliphatic heterocycles. The minimum atomic E-state index is -0.0789. The number of amides is 1. The van der Waals surface area contributed by atoms with Gasteiger partial charge in [0.2, 0.25) is 0 Å². The van der Waals surface area contributed by atoms with Crippen molar-refractivity contribution in [2.45, 2.75) is 26.4 Å². The van der Waals surface area contributed by atoms with Crippen molar-refractivity contribution in [3.05, 3.63) is 89.9 Å². The van der Waals surface area contributed by atoms with Gasteiger partial charge in [0, 0.05) is 6.54 Å². The van der Waals surface area contributed by atoms with Gasteiger partial charge in [-0.2, -0.15) is 0 Å². The number of furan rings is 1. The topological polar surface area (TPSA) is 42.7 Å². The summed E-state index contributed by atoms with van der Waals surface area (Å²) in [6, 6.07) is 21.4. The molecule has 3 rings (SSSR count). The molecule has 0 fully saturated rings. The van der Waals surface area contributed by atoms with E-state index in [2.05, 4.69) is 31.2 Å². The fraction of sp³-hybridized carbons (Fsp3) is 0.227. The van der Waals surface area contributed by atoms with Crippen molar-refractivity contribution in [2.75, 3.05) is 6.61 Å². The van der Waals surface area contributed by atoms with Gasteiger partial charge in [-0.05, 0) is 41.8 Å². The molecule has 0 radical (unpaired) electrons. The fourth-order valence-electron chi connectivity index (χ4n) is 2.68. The standard InChI is InChI=1S/C22H23NO3/c1-2-18-10-12-19(13-11-18)15-23(16-21-9-6-14-25-21)22(24)17-26-20-7-4-3-5-8-20/h3-14H,2,15-17H2,1H3. The van der Waals surface area contributed by atoms with Crippen LogP contribution in [0.25, 0.3) is 0 Å². The summed E-state index contributed by atoms with van der Waals surface area (Å²) >= 11 is 0. The molecular formula is C22H23NO3. The van der Waals surface area contributed by atoms with Crippen LogP contribution in [-0.2, 0) is 24.3 Å². The Labute approximate surface area is 154 Å². The highest BCUT2D eigenvalue weighted by Crippen LogP contribution is 2.14. The minimum absolute atomic E-state index is 0.00222. The van der Waals surface area contributed by atoms with Gasteiger partial charge in [0.05, 0.1) is 12.8 Å². The summed E-state index contributed by atoms with van der Waals surface area (Å²) in [6.07, 6.45) is 2.62. The lowest BCUT2D eigenvalue weighted by atomic mass is 10.1. The van der Waals surface area contributed by atoms with Gasteiger partial charge in [0.25, 0.3) is 5.91 Å². The molecule has 1 aromatic heterocycles. The van der Waals surface area contributed by atoms with Crippen molar-refractivity contribution in [3.8, 4) is 5.75 Å². The third-order valence-electron chi connectivity index (χ3n) is 4.19. The number of hydrogen-bond acceptors (Lipinski definition) is 3. The Morgan fingerprint density at radius 2 is 1.65 bits per heavy atom. The lowest BCUT2D eigenvalue weighted by Gasteiger charge is -2.22. The Bertz CT molecular complexity index is 795. The van der Waals surface area contributed by atoms with Crippen LogP contribution in [0.4, 0.5) is 0 Å². The van der Waals surface area contributed by atoms with E-state index >= 15 is 0 Å². The molecule has 0 N–H and O–H groups in total. The molecule has 0 unspecified atom stereocenters. The average Bonchev–Trinajstić information content (AvgIpc) is 3.20. The van der Waals surface area contributed by atoms with E-state index in [9.17, 15) is 4.79 Å². The average molecular weight is 349 g/mol. The van der Waals surface area contributed by atoms with Crippen molar-refractivity contribution in [1.82, 2.24) is 4.90 Å². The van der Waals surface area contributed by atoms with E-state index in [-0.39, 0.29) is 12.5 Å². The third-order valence-corrected chi connectivity index (χ3v) is 4.19. The van der Waals surface area contributed by atoms with Gasteiger partial charge < -0.3 is 14.1 Å². The molecule has 26 heavy (non-hydrogen) atoms. The summed E-state index contributed by atoms with van der Waals surface area (Å²) in [6.45, 7) is 3.06. The highest BCUT2D eigenvalue weighted by Gasteiger charge is 2.17. The van der Waals surface area contributed by atoms with Crippen LogP contribution in [0.2, 0.25) is 0 Å². The molecule has 0 saturated heterocycles. The van der Waals surface area contributed by atoms with Gasteiger partial charge in [-0.25, -0.2) is 0 Å². The maximum Gasteiger partial charge on any atom is 0.261 e. The zero-order valence-electron chi connectivity index (χ0n) is 14.9. The minimum Gasteiger partial charge on any atom is -0.484 e. The van der Waals surface area contributed by atoms with Crippen LogP contribution in [0.1, 0.15) is 23.8 Å². The predicted molar refractivity (Wildman–Crippen MR) is 101 cm³/mol. The predicted octanol–water partition coefficient (Wildman–Crippen LogP) is 4.45. The van der Waals surface area contributed by atoms with Gasteiger partial charge in [-0.15, -0.1) is 0 Å². The smallest absolute Gasteiger partial charge is 0.261 e. The second-order valence-electron chi connectivity index (χ2n) is 6.10. The van der Waals surface area contributed by atoms with E-state index in [1.807, 2.05) is 42.5 Å². The van der Waals surface area contributed by atoms with Gasteiger partial charge in [-0.3, -0.25) is 4.79 Å². The van der Waals surface area contributed by atoms with Crippen molar-refractivity contribution in [2.24, 2.45) is 0 Å². The van der Waals surface area contributed by atoms with E-state index < -0.39 is 0 Å². The number of aryl methyl sites for hydroxylation is 1. The molecule has 3 aromatic rings. The summed E-state index contributed by atoms with van der Waals surface area (Å²) in [5.74, 6) is 1.36. The van der Waals surface area contributed by atoms with Crippen molar-refractivity contribution in [3.63, 3.8) is 0 Å². The third kappa shape index (κ3) is 4.99. The highest BCUT2D eigenvalue weighted by atomic mass is 16.5. The molecule has 0 bridgehead atoms. The summed E-state index contributed by atoms with van der Waals surface area (Å²) in [4.78, 5) is 14.5. The second-order valence-corrected chi connectivity index (χ2v) is 6.10. The highest BCUT2D eigenvalue weighted by molar-refractivity contribution is 5.77. The van der Waals surface area contributed by atoms with Crippen molar-refractivity contribution >= 4 is 5.91 Å². The lowest BCUT2D eigenvalue weighted by Crippen LogP contribution is -2.34. The number of ether oxygens (including phenoxy) is 1. The first-order valence-electron chi connectivity index (χ1n) is 8.80. The van der Waals surface area contributed by atoms with Gasteiger partial charge in [0.15, 0.2) is 6.61 Å². The maximum absolute atomic E-state index is 12.7. The summed E-state index contributed by atoms with van der Waals surface area (Å²) in [7, 11) is 0. The zero-order valence-corrected chi connectivity index (χ0v) is 14.9. The quantitative estimate of drug-likeness (QED) is 0.603. The Morgan fingerprint density at radius 1 is 0.923 bits per heavy atom. The molecule has 0 spiro atoms. The molecule has 4 heteroatoms. The van der Waals surface area contributed by atoms with Crippen molar-refractivity contribution in [1.29, 1.82) is 0 Å². The normalized spacial score (nSPS) is 10.5. The summed E-state index contributed by atoms with van der Waals surface area (Å²) in [5.41, 5.74) is 2.37. The van der Waals surface area contributed by atoms with Crippen LogP contribution >= 0.6 is 0 Å². The first kappa shape index (κ1) is 17.8. The Balaban J connectivity index is 1.68. The van der Waals surface area contributed by atoms with Crippen molar-refractivity contribution < 1.29 is 13.9 Å². The number of hydrogen-bond donors (Lipinski definition) is 0. The van der Waals surface area contributed by atoms with E-state index in [4.69, 9.17) is 9.15 Å². The first-order valence-corrected chi connectivity index (χ1v) is 8.80. The number of carbonyl (C=O) groups excluding carboxylic acids is 1. The maximum atomic E-state index is 12.7. The molecule has 4 nitrogen and oxygen atoms in total. The van der Waals surface area contributed by atoms with Crippen LogP contribution in [-0.4, -0.2) is 17.4 Å². The molecule has 2 aromatic carbocycles. The van der Waals surface area contributed by atoms with Gasteiger partial charge in [-0.1, -0.05) is 49.4 Å². The lowest BCUT2D eigenvalue weighted by molar-refractivity contribution is -0.134. The Hall–Kier alpha value is -3.01. The molecular weight excluding hydrogens is 326 g/mol. The fourth-order valence-corrected chi connectivity index (χ4v) is 2.68. The van der Waals surface area contributed by atoms with Gasteiger partial charge >= 0.3 is 0 Å². The number of nitrogens with zero attached hydrogens (tertiary/aromatic N) is 1. The Morgan fingerprint density at radius 3 is 2.31 bits per heavy atom. The molecule has 0 aliphatic carbocycles. The van der Waals surface area contributed by atoms with Crippen LogP contribution < -0.4 is 4.74 Å². The van der Waals surface area contributed by atoms with Crippen LogP contribution in [0.15, 0.2) is 77.4 Å². The zero-order chi connectivity index (χ0) is 18.2. The Kier molecular flexibility index (Phi) is 6.09. The molecule has 0 saturated carbocycles. The van der Waals surface area contributed by atoms with Crippen LogP contribution in [0.3, 0.4) is 0 Å². The van der Waals surface area contributed by atoms with Gasteiger partial charge in [0.1, 0.15) is 11.5 Å². The van der Waals surface area contributed by atoms with E-state index in [0.29, 0.717) is 18.8 Å². The molecule has 0 atom stereocenters. The van der Waals surface area contributed by atoms with Crippen LogP contribution in [0, 0.1) is 0 Å². The molecule has 134 valence electrons. The monoisotopic (exact) mass is 349 g/mol. The first-order chi connectivity index (χ1) is 12.7. The number of carbonyl (C=O) groups is 1. The second kappa shape index (κ2) is 8.90. The number of para-hydroxylation sites is 1. The molecule has 0 aliphatic rings.